The van der Waals surface area contributed by atoms with Crippen LogP contribution in [0.5, 0.6) is 0 Å². The molecule has 9 heteroatoms. The smallest absolute Gasteiger partial charge is 0.410 e. The molecule has 3 heterocycles. The van der Waals surface area contributed by atoms with E-state index in [9.17, 15) is 4.79 Å². The van der Waals surface area contributed by atoms with Gasteiger partial charge in [-0.2, -0.15) is 0 Å². The molecule has 2 saturated heterocycles. The lowest BCUT2D eigenvalue weighted by Gasteiger charge is -2.40. The molecule has 30 heavy (non-hydrogen) atoms. The van der Waals surface area contributed by atoms with E-state index in [1.54, 1.807) is 0 Å². The maximum Gasteiger partial charge on any atom is 0.410 e. The molecule has 3 aliphatic heterocycles. The van der Waals surface area contributed by atoms with Gasteiger partial charge in [-0.05, 0) is 33.1 Å². The number of ether oxygens (including phenoxy) is 2. The molecular formula is C21H40IN5O3. The first-order valence-electron chi connectivity index (χ1n) is 11.1. The highest BCUT2D eigenvalue weighted by Gasteiger charge is 2.36. The molecule has 2 atom stereocenters. The number of morpholine rings is 1. The van der Waals surface area contributed by atoms with Crippen LogP contribution in [-0.4, -0.2) is 103 Å². The van der Waals surface area contributed by atoms with E-state index in [0.717, 1.165) is 58.3 Å². The molecule has 0 aliphatic carbocycles. The lowest BCUT2D eigenvalue weighted by Crippen LogP contribution is -2.58. The molecule has 1 N–H and O–H groups in total. The molecule has 3 aliphatic rings. The normalized spacial score (nSPS) is 23.5. The molecule has 0 aromatic rings. The van der Waals surface area contributed by atoms with Gasteiger partial charge in [0.05, 0.1) is 25.8 Å². The van der Waals surface area contributed by atoms with E-state index in [1.807, 2.05) is 25.7 Å². The molecule has 0 radical (unpaired) electrons. The first-order chi connectivity index (χ1) is 13.7. The van der Waals surface area contributed by atoms with Crippen LogP contribution in [0.1, 0.15) is 41.0 Å². The van der Waals surface area contributed by atoms with Gasteiger partial charge in [-0.15, -0.1) is 24.0 Å². The fraction of sp³-hybridized carbons (Fsp3) is 0.905. The monoisotopic (exact) mass is 537 g/mol. The van der Waals surface area contributed by atoms with Gasteiger partial charge in [-0.3, -0.25) is 9.89 Å². The molecule has 2 unspecified atom stereocenters. The van der Waals surface area contributed by atoms with E-state index in [2.05, 4.69) is 29.0 Å². The number of amides is 1. The van der Waals surface area contributed by atoms with E-state index in [0.29, 0.717) is 25.0 Å². The predicted octanol–water partition coefficient (Wildman–Crippen LogP) is 2.23. The zero-order valence-electron chi connectivity index (χ0n) is 19.2. The Hall–Kier alpha value is -0.810. The number of piperazine rings is 1. The largest absolute Gasteiger partial charge is 0.444 e. The third-order valence-corrected chi connectivity index (χ3v) is 5.66. The van der Waals surface area contributed by atoms with Crippen LogP contribution in [0.3, 0.4) is 0 Å². The molecule has 0 saturated carbocycles. The number of fused-ring (bicyclic) bond motifs is 1. The van der Waals surface area contributed by atoms with Crippen LogP contribution in [0.4, 0.5) is 4.79 Å². The number of rotatable bonds is 5. The molecule has 0 aromatic heterocycles. The highest BCUT2D eigenvalue weighted by Crippen LogP contribution is 2.19. The summed E-state index contributed by atoms with van der Waals surface area (Å²) in [7, 11) is 0. The maximum atomic E-state index is 12.4. The summed E-state index contributed by atoms with van der Waals surface area (Å²) in [5.41, 5.74) is -0.460. The van der Waals surface area contributed by atoms with Crippen LogP contribution in [0.15, 0.2) is 4.99 Å². The number of hydrogen-bond donors (Lipinski definition) is 1. The van der Waals surface area contributed by atoms with Crippen molar-refractivity contribution in [3.63, 3.8) is 0 Å². The summed E-state index contributed by atoms with van der Waals surface area (Å²) >= 11 is 0. The Labute approximate surface area is 198 Å². The lowest BCUT2D eigenvalue weighted by molar-refractivity contribution is 0.0116. The van der Waals surface area contributed by atoms with Crippen LogP contribution in [-0.2, 0) is 9.47 Å². The molecule has 174 valence electrons. The number of carbonyl (C=O) groups excluding carboxylic acids is 1. The zero-order valence-corrected chi connectivity index (χ0v) is 21.6. The van der Waals surface area contributed by atoms with Crippen LogP contribution < -0.4 is 5.32 Å². The number of hydrogen-bond acceptors (Lipinski definition) is 7. The summed E-state index contributed by atoms with van der Waals surface area (Å²) in [6.45, 7) is 17.7. The van der Waals surface area contributed by atoms with Crippen molar-refractivity contribution in [2.24, 2.45) is 10.9 Å². The number of carbonyl (C=O) groups is 1. The van der Waals surface area contributed by atoms with Gasteiger partial charge in [0.1, 0.15) is 5.60 Å². The van der Waals surface area contributed by atoms with Gasteiger partial charge in [0, 0.05) is 45.3 Å². The zero-order chi connectivity index (χ0) is 21.0. The summed E-state index contributed by atoms with van der Waals surface area (Å²) in [5, 5.41) is 3.62. The van der Waals surface area contributed by atoms with E-state index in [4.69, 9.17) is 14.5 Å². The van der Waals surface area contributed by atoms with Gasteiger partial charge < -0.3 is 24.6 Å². The van der Waals surface area contributed by atoms with Gasteiger partial charge in [-0.1, -0.05) is 13.8 Å². The van der Waals surface area contributed by atoms with Crippen molar-refractivity contribution in [3.8, 4) is 0 Å². The molecule has 3 rings (SSSR count). The Morgan fingerprint density at radius 3 is 2.57 bits per heavy atom. The summed E-state index contributed by atoms with van der Waals surface area (Å²) in [6.07, 6.45) is 0.943. The maximum absolute atomic E-state index is 12.4. The van der Waals surface area contributed by atoms with Gasteiger partial charge in [-0.25, -0.2) is 4.79 Å². The number of nitrogens with one attached hydrogen (secondary N) is 1. The number of aliphatic imine (C=N–C) groups is 1. The Morgan fingerprint density at radius 1 is 1.23 bits per heavy atom. The predicted molar refractivity (Wildman–Crippen MR) is 130 cm³/mol. The summed E-state index contributed by atoms with van der Waals surface area (Å²) in [6, 6.07) is 0.731. The van der Waals surface area contributed by atoms with Crippen molar-refractivity contribution in [2.75, 3.05) is 59.0 Å². The van der Waals surface area contributed by atoms with Crippen molar-refractivity contribution in [1.29, 1.82) is 0 Å². The Morgan fingerprint density at radius 2 is 1.93 bits per heavy atom. The fourth-order valence-corrected chi connectivity index (χ4v) is 4.28. The second-order valence-corrected chi connectivity index (χ2v) is 9.75. The Bertz CT molecular complexity index is 590. The Kier molecular flexibility index (Phi) is 9.48. The van der Waals surface area contributed by atoms with Crippen molar-refractivity contribution in [1.82, 2.24) is 20.0 Å². The summed E-state index contributed by atoms with van der Waals surface area (Å²) in [4.78, 5) is 23.8. The first-order valence-corrected chi connectivity index (χ1v) is 11.1. The third kappa shape index (κ3) is 7.12. The molecule has 0 spiro atoms. The first kappa shape index (κ1) is 25.5. The van der Waals surface area contributed by atoms with E-state index in [1.165, 1.54) is 0 Å². The molecule has 1 amide bonds. The highest BCUT2D eigenvalue weighted by molar-refractivity contribution is 14.0. The average molecular weight is 537 g/mol. The van der Waals surface area contributed by atoms with Crippen LogP contribution in [0, 0.1) is 5.92 Å². The minimum Gasteiger partial charge on any atom is -0.444 e. The Balaban J connectivity index is 0.00000320. The topological polar surface area (TPSA) is 69.6 Å². The number of guanidine groups is 1. The van der Waals surface area contributed by atoms with Crippen LogP contribution in [0.2, 0.25) is 0 Å². The SMILES string of the molecule is CC(C)CC(CNC1=NCC2CN(C(=O)OC(C)(C)C)CCN12)N1CCOCC1.I. The lowest BCUT2D eigenvalue weighted by atomic mass is 10.0. The van der Waals surface area contributed by atoms with Crippen LogP contribution >= 0.6 is 24.0 Å². The van der Waals surface area contributed by atoms with Crippen LogP contribution in [0.25, 0.3) is 0 Å². The minimum absolute atomic E-state index is 0. The van der Waals surface area contributed by atoms with Gasteiger partial charge in [0.25, 0.3) is 0 Å². The third-order valence-electron chi connectivity index (χ3n) is 5.66. The summed E-state index contributed by atoms with van der Waals surface area (Å²) in [5.74, 6) is 1.64. The molecule has 2 fully saturated rings. The van der Waals surface area contributed by atoms with E-state index < -0.39 is 5.60 Å². The standard InChI is InChI=1S/C21H39N5O3.HI/c1-16(2)12-17(24-8-10-28-11-9-24)13-22-19-23-14-18-15-25(6-7-26(18)19)20(27)29-21(3,4)5;/h16-18H,6-15H2,1-5H3,(H,22,23);1H. The van der Waals surface area contributed by atoms with Crippen molar-refractivity contribution >= 4 is 36.0 Å². The number of nitrogens with zero attached hydrogens (tertiary/aromatic N) is 4. The van der Waals surface area contributed by atoms with Crippen molar-refractivity contribution in [3.05, 3.63) is 0 Å². The second kappa shape index (κ2) is 11.2. The van der Waals surface area contributed by atoms with Gasteiger partial charge in [0.2, 0.25) is 0 Å². The molecule has 8 nitrogen and oxygen atoms in total. The molecule has 0 bridgehead atoms. The quantitative estimate of drug-likeness (QED) is 0.543. The summed E-state index contributed by atoms with van der Waals surface area (Å²) < 4.78 is 11.1. The van der Waals surface area contributed by atoms with Crippen molar-refractivity contribution < 1.29 is 14.3 Å². The average Bonchev–Trinajstić information content (AvgIpc) is 3.06. The van der Waals surface area contributed by atoms with Gasteiger partial charge in [0.15, 0.2) is 5.96 Å². The minimum atomic E-state index is -0.460. The second-order valence-electron chi connectivity index (χ2n) is 9.75. The highest BCUT2D eigenvalue weighted by atomic mass is 127. The number of halogens is 1. The van der Waals surface area contributed by atoms with E-state index in [-0.39, 0.29) is 36.1 Å². The fourth-order valence-electron chi connectivity index (χ4n) is 4.28. The molecular weight excluding hydrogens is 497 g/mol. The molecule has 0 aromatic carbocycles. The van der Waals surface area contributed by atoms with Crippen molar-refractivity contribution in [2.45, 2.75) is 58.7 Å². The van der Waals surface area contributed by atoms with E-state index >= 15 is 0 Å². The van der Waals surface area contributed by atoms with Gasteiger partial charge >= 0.3 is 6.09 Å².